The summed E-state index contributed by atoms with van der Waals surface area (Å²) in [5, 5.41) is 2.66. The van der Waals surface area contributed by atoms with Crippen molar-refractivity contribution in [3.8, 4) is 0 Å². The Morgan fingerprint density at radius 2 is 1.87 bits per heavy atom. The third kappa shape index (κ3) is 5.38. The molecule has 4 nitrogen and oxygen atoms in total. The van der Waals surface area contributed by atoms with E-state index in [1.807, 2.05) is 48.6 Å². The van der Waals surface area contributed by atoms with Crippen molar-refractivity contribution >= 4 is 33.8 Å². The molecule has 0 radical (unpaired) electrons. The van der Waals surface area contributed by atoms with E-state index in [2.05, 4.69) is 21.2 Å². The lowest BCUT2D eigenvalue weighted by Crippen LogP contribution is -2.44. The van der Waals surface area contributed by atoms with E-state index in [4.69, 9.17) is 5.73 Å². The Balaban J connectivity index is 2.00. The fourth-order valence-corrected chi connectivity index (χ4v) is 2.42. The molecule has 0 saturated heterocycles. The Hall–Kier alpha value is -2.40. The van der Waals surface area contributed by atoms with Gasteiger partial charge in [0.25, 0.3) is 5.91 Å². The maximum Gasteiger partial charge on any atom is 0.251 e. The van der Waals surface area contributed by atoms with Crippen molar-refractivity contribution in [1.29, 1.82) is 0 Å². The van der Waals surface area contributed by atoms with Gasteiger partial charge in [-0.3, -0.25) is 9.59 Å². The zero-order chi connectivity index (χ0) is 16.7. The molecule has 0 unspecified atom stereocenters. The lowest BCUT2D eigenvalue weighted by atomic mass is 10.1. The van der Waals surface area contributed by atoms with E-state index in [1.165, 1.54) is 0 Å². The number of benzene rings is 2. The number of primary amides is 1. The molecular formula is C18H17BrN2O2. The van der Waals surface area contributed by atoms with Gasteiger partial charge in [0.2, 0.25) is 5.91 Å². The molecule has 0 aliphatic carbocycles. The lowest BCUT2D eigenvalue weighted by molar-refractivity contribution is -0.119. The van der Waals surface area contributed by atoms with Crippen molar-refractivity contribution in [2.75, 3.05) is 0 Å². The van der Waals surface area contributed by atoms with Gasteiger partial charge < -0.3 is 11.1 Å². The Morgan fingerprint density at radius 1 is 1.13 bits per heavy atom. The van der Waals surface area contributed by atoms with Gasteiger partial charge >= 0.3 is 0 Å². The van der Waals surface area contributed by atoms with Gasteiger partial charge in [0, 0.05) is 10.0 Å². The molecule has 118 valence electrons. The number of carbonyl (C=O) groups excluding carboxylic acids is 2. The maximum atomic E-state index is 12.2. The molecule has 3 N–H and O–H groups in total. The van der Waals surface area contributed by atoms with Gasteiger partial charge in [0.15, 0.2) is 0 Å². The van der Waals surface area contributed by atoms with E-state index in [0.717, 1.165) is 10.0 Å². The second-order valence-electron chi connectivity index (χ2n) is 4.99. The molecule has 23 heavy (non-hydrogen) atoms. The smallest absolute Gasteiger partial charge is 0.251 e. The highest BCUT2D eigenvalue weighted by atomic mass is 79.9. The average molecular weight is 373 g/mol. The first kappa shape index (κ1) is 17.0. The van der Waals surface area contributed by atoms with Crippen LogP contribution in [0.2, 0.25) is 0 Å². The number of hydrogen-bond acceptors (Lipinski definition) is 2. The molecule has 5 heteroatoms. The molecule has 0 heterocycles. The number of halogens is 1. The third-order valence-corrected chi connectivity index (χ3v) is 3.71. The second-order valence-corrected chi connectivity index (χ2v) is 5.90. The molecule has 2 rings (SSSR count). The van der Waals surface area contributed by atoms with Gasteiger partial charge in [-0.25, -0.2) is 0 Å². The number of rotatable bonds is 6. The summed E-state index contributed by atoms with van der Waals surface area (Å²) in [6, 6.07) is 15.9. The minimum absolute atomic E-state index is 0.330. The minimum Gasteiger partial charge on any atom is -0.368 e. The van der Waals surface area contributed by atoms with Gasteiger partial charge in [-0.15, -0.1) is 0 Å². The monoisotopic (exact) mass is 372 g/mol. The van der Waals surface area contributed by atoms with Gasteiger partial charge in [-0.05, 0) is 30.2 Å². The SMILES string of the molecule is NC(=O)[C@H](C/C=C/c1ccccc1)NC(=O)c1cccc(Br)c1. The summed E-state index contributed by atoms with van der Waals surface area (Å²) in [4.78, 5) is 23.7. The lowest BCUT2D eigenvalue weighted by Gasteiger charge is -2.13. The van der Waals surface area contributed by atoms with Crippen molar-refractivity contribution in [2.45, 2.75) is 12.5 Å². The molecule has 2 aromatic rings. The van der Waals surface area contributed by atoms with E-state index in [0.29, 0.717) is 12.0 Å². The van der Waals surface area contributed by atoms with Crippen LogP contribution >= 0.6 is 15.9 Å². The predicted octanol–water partition coefficient (Wildman–Crippen LogP) is 3.14. The van der Waals surface area contributed by atoms with Crippen LogP contribution in [0.15, 0.2) is 65.1 Å². The molecule has 0 spiro atoms. The molecule has 0 fully saturated rings. The highest BCUT2D eigenvalue weighted by Crippen LogP contribution is 2.12. The van der Waals surface area contributed by atoms with E-state index in [9.17, 15) is 9.59 Å². The zero-order valence-corrected chi connectivity index (χ0v) is 14.0. The number of amides is 2. The van der Waals surface area contributed by atoms with Crippen LogP contribution < -0.4 is 11.1 Å². The van der Waals surface area contributed by atoms with Crippen LogP contribution in [-0.4, -0.2) is 17.9 Å². The number of hydrogen-bond donors (Lipinski definition) is 2. The molecule has 0 saturated carbocycles. The van der Waals surface area contributed by atoms with Gasteiger partial charge in [0.1, 0.15) is 6.04 Å². The number of nitrogens with two attached hydrogens (primary N) is 1. The summed E-state index contributed by atoms with van der Waals surface area (Å²) in [5.41, 5.74) is 6.87. The standard InChI is InChI=1S/C18H17BrN2O2/c19-15-10-5-9-14(12-15)18(23)21-16(17(20)22)11-4-8-13-6-2-1-3-7-13/h1-10,12,16H,11H2,(H2,20,22)(H,21,23)/b8-4+/t16-/m0/s1. The quantitative estimate of drug-likeness (QED) is 0.817. The minimum atomic E-state index is -0.749. The Kier molecular flexibility index (Phi) is 6.11. The molecule has 0 bridgehead atoms. The first-order valence-corrected chi connectivity index (χ1v) is 7.93. The summed E-state index contributed by atoms with van der Waals surface area (Å²) >= 11 is 3.31. The highest BCUT2D eigenvalue weighted by Gasteiger charge is 2.17. The van der Waals surface area contributed by atoms with Crippen LogP contribution in [0.25, 0.3) is 6.08 Å². The van der Waals surface area contributed by atoms with Crippen molar-refractivity contribution in [3.05, 3.63) is 76.3 Å². The molecule has 0 aliphatic heterocycles. The summed E-state index contributed by atoms with van der Waals surface area (Å²) < 4.78 is 0.796. The number of nitrogens with one attached hydrogen (secondary N) is 1. The summed E-state index contributed by atoms with van der Waals surface area (Å²) in [6.07, 6.45) is 4.05. The second kappa shape index (κ2) is 8.29. The Labute approximate surface area is 143 Å². The van der Waals surface area contributed by atoms with E-state index in [1.54, 1.807) is 18.2 Å². The van der Waals surface area contributed by atoms with Crippen LogP contribution in [-0.2, 0) is 4.79 Å². The van der Waals surface area contributed by atoms with Gasteiger partial charge in [-0.1, -0.05) is 64.5 Å². The fourth-order valence-electron chi connectivity index (χ4n) is 2.02. The van der Waals surface area contributed by atoms with E-state index >= 15 is 0 Å². The fraction of sp³-hybridized carbons (Fsp3) is 0.111. The van der Waals surface area contributed by atoms with Crippen LogP contribution in [0, 0.1) is 0 Å². The van der Waals surface area contributed by atoms with Gasteiger partial charge in [0.05, 0.1) is 0 Å². The van der Waals surface area contributed by atoms with Crippen LogP contribution in [0.3, 0.4) is 0 Å². The Morgan fingerprint density at radius 3 is 2.52 bits per heavy atom. The van der Waals surface area contributed by atoms with Crippen molar-refractivity contribution in [1.82, 2.24) is 5.32 Å². The van der Waals surface area contributed by atoms with E-state index in [-0.39, 0.29) is 5.91 Å². The highest BCUT2D eigenvalue weighted by molar-refractivity contribution is 9.10. The largest absolute Gasteiger partial charge is 0.368 e. The maximum absolute atomic E-state index is 12.2. The van der Waals surface area contributed by atoms with Crippen molar-refractivity contribution < 1.29 is 9.59 Å². The number of carbonyl (C=O) groups is 2. The summed E-state index contributed by atoms with van der Waals surface area (Å²) in [7, 11) is 0. The van der Waals surface area contributed by atoms with Crippen molar-refractivity contribution in [3.63, 3.8) is 0 Å². The van der Waals surface area contributed by atoms with Crippen LogP contribution in [0.5, 0.6) is 0 Å². The predicted molar refractivity (Wildman–Crippen MR) is 94.7 cm³/mol. The average Bonchev–Trinajstić information content (AvgIpc) is 2.54. The molecule has 2 aromatic carbocycles. The normalized spacial score (nSPS) is 12.0. The summed E-state index contributed by atoms with van der Waals surface area (Å²) in [6.45, 7) is 0. The molecule has 1 atom stereocenters. The van der Waals surface area contributed by atoms with Crippen molar-refractivity contribution in [2.24, 2.45) is 5.73 Å². The topological polar surface area (TPSA) is 72.2 Å². The zero-order valence-electron chi connectivity index (χ0n) is 12.4. The van der Waals surface area contributed by atoms with E-state index < -0.39 is 11.9 Å². The third-order valence-electron chi connectivity index (χ3n) is 3.22. The molecule has 0 aliphatic rings. The first-order valence-electron chi connectivity index (χ1n) is 7.13. The van der Waals surface area contributed by atoms with Gasteiger partial charge in [-0.2, -0.15) is 0 Å². The Bertz CT molecular complexity index is 714. The summed E-state index contributed by atoms with van der Waals surface area (Å²) in [5.74, 6) is -0.894. The molecular weight excluding hydrogens is 356 g/mol. The van der Waals surface area contributed by atoms with Crippen LogP contribution in [0.1, 0.15) is 22.3 Å². The molecule has 0 aromatic heterocycles. The van der Waals surface area contributed by atoms with Crippen LogP contribution in [0.4, 0.5) is 0 Å². The molecule has 2 amide bonds. The first-order chi connectivity index (χ1) is 11.1.